The van der Waals surface area contributed by atoms with Crippen LogP contribution in [0.25, 0.3) is 0 Å². The monoisotopic (exact) mass is 265 g/mol. The zero-order valence-electron chi connectivity index (χ0n) is 12.0. The number of hydrogen-bond donors (Lipinski definition) is 0. The molecule has 20 heavy (non-hydrogen) atoms. The molecule has 0 heterocycles. The van der Waals surface area contributed by atoms with Crippen molar-refractivity contribution in [2.24, 2.45) is 4.99 Å². The maximum atomic E-state index is 5.90. The van der Waals surface area contributed by atoms with Crippen LogP contribution < -0.4 is 4.74 Å². The van der Waals surface area contributed by atoms with Gasteiger partial charge in [0.15, 0.2) is 0 Å². The van der Waals surface area contributed by atoms with Gasteiger partial charge >= 0.3 is 0 Å². The van der Waals surface area contributed by atoms with E-state index in [1.165, 1.54) is 0 Å². The zero-order valence-corrected chi connectivity index (χ0v) is 12.0. The number of ether oxygens (including phenoxy) is 1. The van der Waals surface area contributed by atoms with E-state index in [-0.39, 0.29) is 0 Å². The van der Waals surface area contributed by atoms with Gasteiger partial charge in [0.05, 0.1) is 5.69 Å². The van der Waals surface area contributed by atoms with Crippen LogP contribution in [0.1, 0.15) is 18.9 Å². The van der Waals surface area contributed by atoms with Crippen LogP contribution in [0.2, 0.25) is 0 Å². The van der Waals surface area contributed by atoms with E-state index in [2.05, 4.69) is 11.6 Å². The minimum atomic E-state index is 0.573. The number of para-hydroxylation sites is 1. The topological polar surface area (TPSA) is 21.6 Å². The van der Waals surface area contributed by atoms with Crippen molar-refractivity contribution < 1.29 is 4.74 Å². The standard InChI is InChI=1S/C18H19NO/c1-4-15(3)18(19-16-10-6-5-7-11-16)20-17-12-8-9-14(2)13-17/h5-13H,3-4H2,1-2H3. The van der Waals surface area contributed by atoms with Crippen molar-refractivity contribution in [3.8, 4) is 5.75 Å². The molecule has 2 aromatic carbocycles. The highest BCUT2D eigenvalue weighted by Gasteiger charge is 2.07. The molecule has 102 valence electrons. The van der Waals surface area contributed by atoms with Crippen LogP contribution in [-0.2, 0) is 0 Å². The van der Waals surface area contributed by atoms with Gasteiger partial charge in [0.2, 0.25) is 5.90 Å². The van der Waals surface area contributed by atoms with Crippen molar-refractivity contribution in [2.45, 2.75) is 20.3 Å². The summed E-state index contributed by atoms with van der Waals surface area (Å²) in [4.78, 5) is 4.55. The van der Waals surface area contributed by atoms with Gasteiger partial charge < -0.3 is 4.74 Å². The van der Waals surface area contributed by atoms with E-state index in [4.69, 9.17) is 4.74 Å². The average Bonchev–Trinajstić information content (AvgIpc) is 2.47. The Balaban J connectivity index is 2.29. The molecule has 2 heteroatoms. The van der Waals surface area contributed by atoms with Crippen molar-refractivity contribution in [2.75, 3.05) is 0 Å². The number of benzene rings is 2. The zero-order chi connectivity index (χ0) is 14.4. The Hall–Kier alpha value is -2.35. The van der Waals surface area contributed by atoms with E-state index in [0.29, 0.717) is 5.90 Å². The lowest BCUT2D eigenvalue weighted by Gasteiger charge is -2.11. The third kappa shape index (κ3) is 3.82. The summed E-state index contributed by atoms with van der Waals surface area (Å²) in [6.45, 7) is 8.11. The fourth-order valence-corrected chi connectivity index (χ4v) is 1.74. The van der Waals surface area contributed by atoms with Crippen LogP contribution in [0.4, 0.5) is 5.69 Å². The van der Waals surface area contributed by atoms with E-state index in [1.807, 2.05) is 68.4 Å². The van der Waals surface area contributed by atoms with E-state index in [1.54, 1.807) is 0 Å². The maximum Gasteiger partial charge on any atom is 0.222 e. The van der Waals surface area contributed by atoms with Crippen molar-refractivity contribution in [1.29, 1.82) is 0 Å². The van der Waals surface area contributed by atoms with Crippen LogP contribution in [0, 0.1) is 6.92 Å². The fourth-order valence-electron chi connectivity index (χ4n) is 1.74. The second-order valence-electron chi connectivity index (χ2n) is 4.63. The van der Waals surface area contributed by atoms with Crippen molar-refractivity contribution in [1.82, 2.24) is 0 Å². The second kappa shape index (κ2) is 6.71. The molecule has 0 saturated heterocycles. The Kier molecular flexibility index (Phi) is 4.72. The normalized spacial score (nSPS) is 11.2. The van der Waals surface area contributed by atoms with Crippen LogP contribution in [0.3, 0.4) is 0 Å². The maximum absolute atomic E-state index is 5.90. The Morgan fingerprint density at radius 3 is 2.50 bits per heavy atom. The third-order valence-electron chi connectivity index (χ3n) is 2.92. The highest BCUT2D eigenvalue weighted by atomic mass is 16.5. The van der Waals surface area contributed by atoms with Crippen LogP contribution in [-0.4, -0.2) is 5.90 Å². The molecule has 0 fully saturated rings. The summed E-state index contributed by atoms with van der Waals surface area (Å²) in [5.41, 5.74) is 2.91. The van der Waals surface area contributed by atoms with Gasteiger partial charge in [-0.25, -0.2) is 4.99 Å². The fraction of sp³-hybridized carbons (Fsp3) is 0.167. The highest BCUT2D eigenvalue weighted by Crippen LogP contribution is 2.18. The number of hydrogen-bond acceptors (Lipinski definition) is 2. The molecule has 2 aromatic rings. The SMILES string of the molecule is C=C(CC)C(=Nc1ccccc1)Oc1cccc(C)c1. The minimum absolute atomic E-state index is 0.573. The summed E-state index contributed by atoms with van der Waals surface area (Å²) in [5, 5.41) is 0. The molecule has 0 radical (unpaired) electrons. The summed E-state index contributed by atoms with van der Waals surface area (Å²) < 4.78 is 5.90. The van der Waals surface area contributed by atoms with Crippen molar-refractivity contribution in [3.05, 3.63) is 72.3 Å². The van der Waals surface area contributed by atoms with Crippen molar-refractivity contribution >= 4 is 11.6 Å². The summed E-state index contributed by atoms with van der Waals surface area (Å²) >= 11 is 0. The molecule has 0 aliphatic carbocycles. The summed E-state index contributed by atoms with van der Waals surface area (Å²) in [5.74, 6) is 1.36. The summed E-state index contributed by atoms with van der Waals surface area (Å²) in [6.07, 6.45) is 0.803. The molecular weight excluding hydrogens is 246 g/mol. The number of nitrogens with zero attached hydrogens (tertiary/aromatic N) is 1. The number of rotatable bonds is 4. The van der Waals surface area contributed by atoms with Gasteiger partial charge in [-0.15, -0.1) is 0 Å². The van der Waals surface area contributed by atoms with E-state index in [9.17, 15) is 0 Å². The molecule has 2 nitrogen and oxygen atoms in total. The van der Waals surface area contributed by atoms with E-state index >= 15 is 0 Å². The Labute approximate surface area is 120 Å². The van der Waals surface area contributed by atoms with Gasteiger partial charge in [-0.05, 0) is 43.2 Å². The average molecular weight is 265 g/mol. The first kappa shape index (κ1) is 14.1. The molecule has 0 amide bonds. The predicted molar refractivity (Wildman–Crippen MR) is 84.8 cm³/mol. The van der Waals surface area contributed by atoms with Crippen LogP contribution >= 0.6 is 0 Å². The first-order valence-corrected chi connectivity index (χ1v) is 6.75. The first-order valence-electron chi connectivity index (χ1n) is 6.75. The molecular formula is C18H19NO. The molecule has 0 aliphatic heterocycles. The lowest BCUT2D eigenvalue weighted by Crippen LogP contribution is -2.10. The van der Waals surface area contributed by atoms with Gasteiger partial charge in [0.1, 0.15) is 5.75 Å². The summed E-state index contributed by atoms with van der Waals surface area (Å²) in [7, 11) is 0. The molecule has 0 bridgehead atoms. The first-order chi connectivity index (χ1) is 9.69. The molecule has 0 spiro atoms. The summed E-state index contributed by atoms with van der Waals surface area (Å²) in [6, 6.07) is 17.7. The smallest absolute Gasteiger partial charge is 0.222 e. The molecule has 0 N–H and O–H groups in total. The van der Waals surface area contributed by atoms with Crippen molar-refractivity contribution in [3.63, 3.8) is 0 Å². The predicted octanol–water partition coefficient (Wildman–Crippen LogP) is 5.07. The Bertz CT molecular complexity index is 614. The Morgan fingerprint density at radius 2 is 1.85 bits per heavy atom. The molecule has 0 unspecified atom stereocenters. The van der Waals surface area contributed by atoms with Gasteiger partial charge in [-0.2, -0.15) is 0 Å². The molecule has 0 atom stereocenters. The van der Waals surface area contributed by atoms with Gasteiger partial charge in [0.25, 0.3) is 0 Å². The third-order valence-corrected chi connectivity index (χ3v) is 2.92. The quantitative estimate of drug-likeness (QED) is 0.558. The lowest BCUT2D eigenvalue weighted by atomic mass is 10.2. The van der Waals surface area contributed by atoms with Gasteiger partial charge in [0, 0.05) is 5.57 Å². The van der Waals surface area contributed by atoms with Gasteiger partial charge in [-0.3, -0.25) is 0 Å². The van der Waals surface area contributed by atoms with E-state index < -0.39 is 0 Å². The lowest BCUT2D eigenvalue weighted by molar-refractivity contribution is 0.548. The number of aliphatic imine (C=N–C) groups is 1. The molecule has 0 saturated carbocycles. The van der Waals surface area contributed by atoms with Crippen LogP contribution in [0.5, 0.6) is 5.75 Å². The van der Waals surface area contributed by atoms with Crippen LogP contribution in [0.15, 0.2) is 71.7 Å². The molecule has 0 aromatic heterocycles. The molecule has 0 aliphatic rings. The van der Waals surface area contributed by atoms with E-state index in [0.717, 1.165) is 29.0 Å². The second-order valence-corrected chi connectivity index (χ2v) is 4.63. The Morgan fingerprint density at radius 1 is 1.10 bits per heavy atom. The van der Waals surface area contributed by atoms with Gasteiger partial charge in [-0.1, -0.05) is 43.8 Å². The minimum Gasteiger partial charge on any atom is -0.439 e. The molecule has 2 rings (SSSR count). The largest absolute Gasteiger partial charge is 0.439 e. The highest BCUT2D eigenvalue weighted by molar-refractivity contribution is 5.96. The number of aryl methyl sites for hydroxylation is 1.